The normalized spacial score (nSPS) is 17.4. The number of hydrogen-bond donors (Lipinski definition) is 2. The van der Waals surface area contributed by atoms with Crippen molar-refractivity contribution in [3.05, 3.63) is 17.7 Å². The first-order chi connectivity index (χ1) is 10.6. The van der Waals surface area contributed by atoms with Gasteiger partial charge >= 0.3 is 0 Å². The van der Waals surface area contributed by atoms with Crippen molar-refractivity contribution >= 4 is 11.8 Å². The minimum absolute atomic E-state index is 0.0123. The Morgan fingerprint density at radius 3 is 2.27 bits per heavy atom. The van der Waals surface area contributed by atoms with E-state index in [2.05, 4.69) is 10.6 Å². The van der Waals surface area contributed by atoms with Crippen LogP contribution >= 0.6 is 0 Å². The number of rotatable bonds is 5. The topological polar surface area (TPSA) is 85.9 Å². The first-order valence-corrected chi connectivity index (χ1v) is 6.96. The van der Waals surface area contributed by atoms with E-state index in [4.69, 9.17) is 14.2 Å². The van der Waals surface area contributed by atoms with Gasteiger partial charge in [0.1, 0.15) is 0 Å². The van der Waals surface area contributed by atoms with E-state index in [9.17, 15) is 9.59 Å². The molecular formula is C15H20N2O5. The van der Waals surface area contributed by atoms with Crippen molar-refractivity contribution < 1.29 is 23.8 Å². The largest absolute Gasteiger partial charge is 0.493 e. The van der Waals surface area contributed by atoms with Crippen LogP contribution in [0, 0.1) is 0 Å². The van der Waals surface area contributed by atoms with E-state index in [1.165, 1.54) is 21.3 Å². The van der Waals surface area contributed by atoms with Crippen molar-refractivity contribution in [2.24, 2.45) is 0 Å². The summed E-state index contributed by atoms with van der Waals surface area (Å²) in [6.45, 7) is 0.439. The Kier molecular flexibility index (Phi) is 5.08. The molecule has 0 spiro atoms. The standard InChI is InChI=1S/C15H20N2O5/c1-20-11-6-9(7-12(21-2)14(11)22-3)15(19)17-10-4-5-13(18)16-8-10/h6-7,10H,4-5,8H2,1-3H3,(H,16,18)(H,17,19). The maximum Gasteiger partial charge on any atom is 0.251 e. The molecule has 2 N–H and O–H groups in total. The molecule has 7 nitrogen and oxygen atoms in total. The second-order valence-corrected chi connectivity index (χ2v) is 4.93. The average Bonchev–Trinajstić information content (AvgIpc) is 2.55. The zero-order valence-electron chi connectivity index (χ0n) is 12.9. The van der Waals surface area contributed by atoms with Crippen molar-refractivity contribution in [1.29, 1.82) is 0 Å². The van der Waals surface area contributed by atoms with Gasteiger partial charge in [-0.2, -0.15) is 0 Å². The predicted molar refractivity (Wildman–Crippen MR) is 79.6 cm³/mol. The molecule has 2 amide bonds. The van der Waals surface area contributed by atoms with E-state index in [1.807, 2.05) is 0 Å². The van der Waals surface area contributed by atoms with Gasteiger partial charge in [0.05, 0.1) is 21.3 Å². The average molecular weight is 308 g/mol. The number of amides is 2. The summed E-state index contributed by atoms with van der Waals surface area (Å²) in [6.07, 6.45) is 1.04. The van der Waals surface area contributed by atoms with Gasteiger partial charge in [-0.15, -0.1) is 0 Å². The Bertz CT molecular complexity index is 538. The van der Waals surface area contributed by atoms with E-state index in [0.717, 1.165) is 0 Å². The molecular weight excluding hydrogens is 288 g/mol. The second kappa shape index (κ2) is 7.02. The molecule has 120 valence electrons. The fourth-order valence-corrected chi connectivity index (χ4v) is 2.34. The third-order valence-corrected chi connectivity index (χ3v) is 3.53. The molecule has 1 aromatic carbocycles. The molecule has 1 fully saturated rings. The Balaban J connectivity index is 2.17. The van der Waals surface area contributed by atoms with Crippen molar-refractivity contribution in [2.45, 2.75) is 18.9 Å². The molecule has 1 atom stereocenters. The summed E-state index contributed by atoms with van der Waals surface area (Å²) in [5.41, 5.74) is 0.409. The predicted octanol–water partition coefficient (Wildman–Crippen LogP) is 0.721. The van der Waals surface area contributed by atoms with Gasteiger partial charge in [0.2, 0.25) is 11.7 Å². The lowest BCUT2D eigenvalue weighted by Crippen LogP contribution is -2.47. The van der Waals surface area contributed by atoms with Crippen LogP contribution in [0.15, 0.2) is 12.1 Å². The van der Waals surface area contributed by atoms with Gasteiger partial charge in [0.15, 0.2) is 11.5 Å². The van der Waals surface area contributed by atoms with Gasteiger partial charge < -0.3 is 24.8 Å². The third-order valence-electron chi connectivity index (χ3n) is 3.53. The number of hydrogen-bond acceptors (Lipinski definition) is 5. The second-order valence-electron chi connectivity index (χ2n) is 4.93. The summed E-state index contributed by atoms with van der Waals surface area (Å²) in [7, 11) is 4.50. The molecule has 0 saturated carbocycles. The summed E-state index contributed by atoms with van der Waals surface area (Å²) in [4.78, 5) is 23.5. The Hall–Kier alpha value is -2.44. The first kappa shape index (κ1) is 15.9. The number of nitrogens with one attached hydrogen (secondary N) is 2. The van der Waals surface area contributed by atoms with Crippen molar-refractivity contribution in [3.8, 4) is 17.2 Å². The number of methoxy groups -OCH3 is 3. The molecule has 1 aromatic rings. The summed E-state index contributed by atoms with van der Waals surface area (Å²) in [5.74, 6) is 1.04. The minimum Gasteiger partial charge on any atom is -0.493 e. The molecule has 1 saturated heterocycles. The van der Waals surface area contributed by atoms with Crippen LogP contribution in [0.4, 0.5) is 0 Å². The summed E-state index contributed by atoms with van der Waals surface area (Å²) < 4.78 is 15.7. The van der Waals surface area contributed by atoms with Crippen molar-refractivity contribution in [2.75, 3.05) is 27.9 Å². The van der Waals surface area contributed by atoms with Crippen molar-refractivity contribution in [1.82, 2.24) is 10.6 Å². The molecule has 22 heavy (non-hydrogen) atoms. The third kappa shape index (κ3) is 3.41. The van der Waals surface area contributed by atoms with Crippen LogP contribution in [0.3, 0.4) is 0 Å². The zero-order chi connectivity index (χ0) is 16.1. The van der Waals surface area contributed by atoms with Gasteiger partial charge in [0, 0.05) is 24.6 Å². The number of piperidine rings is 1. The van der Waals surface area contributed by atoms with Crippen LogP contribution < -0.4 is 24.8 Å². The van der Waals surface area contributed by atoms with E-state index >= 15 is 0 Å². The molecule has 0 aliphatic carbocycles. The highest BCUT2D eigenvalue weighted by molar-refractivity contribution is 5.96. The lowest BCUT2D eigenvalue weighted by Gasteiger charge is -2.23. The molecule has 1 aliphatic heterocycles. The summed E-state index contributed by atoms with van der Waals surface area (Å²) >= 11 is 0. The van der Waals surface area contributed by atoms with Gasteiger partial charge in [-0.25, -0.2) is 0 Å². The number of carbonyl (C=O) groups is 2. The van der Waals surface area contributed by atoms with Crippen LogP contribution in [0.2, 0.25) is 0 Å². The van der Waals surface area contributed by atoms with Crippen LogP contribution in [0.25, 0.3) is 0 Å². The van der Waals surface area contributed by atoms with Gasteiger partial charge in [-0.05, 0) is 18.6 Å². The van der Waals surface area contributed by atoms with Crippen LogP contribution in [-0.2, 0) is 4.79 Å². The summed E-state index contributed by atoms with van der Waals surface area (Å²) in [5, 5.41) is 5.62. The summed E-state index contributed by atoms with van der Waals surface area (Å²) in [6, 6.07) is 3.11. The van der Waals surface area contributed by atoms with E-state index in [0.29, 0.717) is 42.2 Å². The minimum atomic E-state index is -0.250. The monoisotopic (exact) mass is 308 g/mol. The van der Waals surface area contributed by atoms with E-state index in [-0.39, 0.29) is 17.9 Å². The smallest absolute Gasteiger partial charge is 0.251 e. The lowest BCUT2D eigenvalue weighted by atomic mass is 10.1. The van der Waals surface area contributed by atoms with Crippen LogP contribution in [0.1, 0.15) is 23.2 Å². The highest BCUT2D eigenvalue weighted by atomic mass is 16.5. The highest BCUT2D eigenvalue weighted by Crippen LogP contribution is 2.38. The van der Waals surface area contributed by atoms with Crippen LogP contribution in [0.5, 0.6) is 17.2 Å². The molecule has 0 aromatic heterocycles. The lowest BCUT2D eigenvalue weighted by molar-refractivity contribution is -0.122. The molecule has 1 unspecified atom stereocenters. The molecule has 7 heteroatoms. The molecule has 2 rings (SSSR count). The fourth-order valence-electron chi connectivity index (χ4n) is 2.34. The molecule has 0 bridgehead atoms. The first-order valence-electron chi connectivity index (χ1n) is 6.96. The van der Waals surface area contributed by atoms with Gasteiger partial charge in [-0.1, -0.05) is 0 Å². The van der Waals surface area contributed by atoms with Crippen molar-refractivity contribution in [3.63, 3.8) is 0 Å². The molecule has 0 radical (unpaired) electrons. The Morgan fingerprint density at radius 2 is 1.82 bits per heavy atom. The fraction of sp³-hybridized carbons (Fsp3) is 0.467. The molecule has 1 heterocycles. The van der Waals surface area contributed by atoms with E-state index < -0.39 is 0 Å². The zero-order valence-corrected chi connectivity index (χ0v) is 12.9. The van der Waals surface area contributed by atoms with Gasteiger partial charge in [-0.3, -0.25) is 9.59 Å². The molecule has 1 aliphatic rings. The quantitative estimate of drug-likeness (QED) is 0.837. The van der Waals surface area contributed by atoms with Gasteiger partial charge in [0.25, 0.3) is 5.91 Å². The number of ether oxygens (including phenoxy) is 3. The van der Waals surface area contributed by atoms with Crippen LogP contribution in [-0.4, -0.2) is 45.7 Å². The SMILES string of the molecule is COc1cc(C(=O)NC2CCC(=O)NC2)cc(OC)c1OC. The van der Waals surface area contributed by atoms with E-state index in [1.54, 1.807) is 12.1 Å². The number of benzene rings is 1. The highest BCUT2D eigenvalue weighted by Gasteiger charge is 2.22. The Morgan fingerprint density at radius 1 is 1.18 bits per heavy atom. The maximum atomic E-state index is 12.4. The number of carbonyl (C=O) groups excluding carboxylic acids is 2. The maximum absolute atomic E-state index is 12.4. The Labute approximate surface area is 128 Å².